The Morgan fingerprint density at radius 1 is 1.35 bits per heavy atom. The highest BCUT2D eigenvalue weighted by Gasteiger charge is 2.12. The zero-order valence-electron chi connectivity index (χ0n) is 10.3. The summed E-state index contributed by atoms with van der Waals surface area (Å²) in [6.45, 7) is 2.80. The number of nitrogens with two attached hydrogens (primary N) is 1. The van der Waals surface area contributed by atoms with Crippen LogP contribution in [0.1, 0.15) is 6.92 Å². The minimum Gasteiger partial charge on any atom is -0.397 e. The minimum atomic E-state index is 0.613. The van der Waals surface area contributed by atoms with Gasteiger partial charge in [0.25, 0.3) is 0 Å². The van der Waals surface area contributed by atoms with E-state index in [4.69, 9.17) is 5.73 Å². The zero-order valence-corrected chi connectivity index (χ0v) is 10.3. The fourth-order valence-corrected chi connectivity index (χ4v) is 1.58. The van der Waals surface area contributed by atoms with Gasteiger partial charge in [-0.3, -0.25) is 4.98 Å². The Morgan fingerprint density at radius 3 is 2.65 bits per heavy atom. The summed E-state index contributed by atoms with van der Waals surface area (Å²) in [7, 11) is 3.88. The summed E-state index contributed by atoms with van der Waals surface area (Å²) in [6, 6.07) is 1.82. The van der Waals surface area contributed by atoms with Gasteiger partial charge < -0.3 is 10.6 Å². The molecule has 2 aromatic heterocycles. The molecule has 0 unspecified atom stereocenters. The molecule has 0 saturated heterocycles. The van der Waals surface area contributed by atoms with Gasteiger partial charge in [-0.25, -0.2) is 4.68 Å². The van der Waals surface area contributed by atoms with Gasteiger partial charge in [0.1, 0.15) is 0 Å². The largest absolute Gasteiger partial charge is 0.397 e. The maximum absolute atomic E-state index is 5.70. The van der Waals surface area contributed by atoms with Crippen LogP contribution in [0.2, 0.25) is 0 Å². The number of aromatic nitrogens is 4. The predicted octanol–water partition coefficient (Wildman–Crippen LogP) is 1.01. The second kappa shape index (κ2) is 4.40. The molecule has 2 rings (SSSR count). The van der Waals surface area contributed by atoms with Crippen molar-refractivity contribution in [3.63, 3.8) is 0 Å². The van der Waals surface area contributed by atoms with E-state index in [1.54, 1.807) is 12.4 Å². The molecule has 0 aliphatic rings. The Balaban J connectivity index is 2.46. The molecule has 0 spiro atoms. The molecule has 90 valence electrons. The Morgan fingerprint density at radius 2 is 2.12 bits per heavy atom. The topological polar surface area (TPSA) is 72.9 Å². The highest BCUT2D eigenvalue weighted by atomic mass is 15.4. The number of aryl methyl sites for hydroxylation is 1. The zero-order chi connectivity index (χ0) is 12.4. The van der Waals surface area contributed by atoms with Crippen molar-refractivity contribution in [3.8, 4) is 11.4 Å². The van der Waals surface area contributed by atoms with Crippen molar-refractivity contribution in [1.82, 2.24) is 19.7 Å². The van der Waals surface area contributed by atoms with Crippen LogP contribution in [0.5, 0.6) is 0 Å². The summed E-state index contributed by atoms with van der Waals surface area (Å²) in [6.07, 6.45) is 3.32. The molecule has 6 heteroatoms. The highest BCUT2D eigenvalue weighted by molar-refractivity contribution is 5.60. The molecule has 0 aliphatic carbocycles. The lowest BCUT2D eigenvalue weighted by atomic mass is 10.2. The summed E-state index contributed by atoms with van der Waals surface area (Å²) >= 11 is 0. The van der Waals surface area contributed by atoms with E-state index >= 15 is 0 Å². The molecule has 2 N–H and O–H groups in total. The molecule has 0 aromatic carbocycles. The van der Waals surface area contributed by atoms with Crippen LogP contribution < -0.4 is 10.6 Å². The first-order valence-electron chi connectivity index (χ1n) is 5.45. The molecule has 17 heavy (non-hydrogen) atoms. The number of nitrogens with zero attached hydrogens (tertiary/aromatic N) is 5. The predicted molar refractivity (Wildman–Crippen MR) is 67.7 cm³/mol. The van der Waals surface area contributed by atoms with Crippen LogP contribution in [0, 0.1) is 0 Å². The standard InChI is InChI=1S/C11H16N6/c1-4-17-11(16(2)3)14-10(15-17)8-5-9(12)7-13-6-8/h5-7H,4,12H2,1-3H3. The normalized spacial score (nSPS) is 10.5. The van der Waals surface area contributed by atoms with Crippen LogP contribution in [-0.4, -0.2) is 33.8 Å². The Bertz CT molecular complexity index is 516. The molecular formula is C11H16N6. The van der Waals surface area contributed by atoms with Crippen molar-refractivity contribution < 1.29 is 0 Å². The fraction of sp³-hybridized carbons (Fsp3) is 0.364. The van der Waals surface area contributed by atoms with Crippen molar-refractivity contribution in [2.75, 3.05) is 24.7 Å². The van der Waals surface area contributed by atoms with E-state index in [0.29, 0.717) is 11.5 Å². The van der Waals surface area contributed by atoms with E-state index in [9.17, 15) is 0 Å². The average molecular weight is 232 g/mol. The molecule has 0 saturated carbocycles. The number of hydrogen-bond acceptors (Lipinski definition) is 5. The van der Waals surface area contributed by atoms with E-state index in [2.05, 4.69) is 15.1 Å². The van der Waals surface area contributed by atoms with Crippen LogP contribution in [0.25, 0.3) is 11.4 Å². The maximum atomic E-state index is 5.70. The van der Waals surface area contributed by atoms with Crippen molar-refractivity contribution in [3.05, 3.63) is 18.5 Å². The van der Waals surface area contributed by atoms with Gasteiger partial charge in [-0.15, -0.1) is 5.10 Å². The van der Waals surface area contributed by atoms with Gasteiger partial charge in [0.2, 0.25) is 5.95 Å². The summed E-state index contributed by atoms with van der Waals surface area (Å²) in [5.41, 5.74) is 7.14. The van der Waals surface area contributed by atoms with Crippen LogP contribution in [0.15, 0.2) is 18.5 Å². The van der Waals surface area contributed by atoms with Crippen molar-refractivity contribution in [2.45, 2.75) is 13.5 Å². The van der Waals surface area contributed by atoms with Crippen molar-refractivity contribution >= 4 is 11.6 Å². The van der Waals surface area contributed by atoms with E-state index in [1.165, 1.54) is 0 Å². The van der Waals surface area contributed by atoms with Gasteiger partial charge in [0.05, 0.1) is 5.69 Å². The quantitative estimate of drug-likeness (QED) is 0.855. The van der Waals surface area contributed by atoms with Gasteiger partial charge >= 0.3 is 0 Å². The fourth-order valence-electron chi connectivity index (χ4n) is 1.58. The molecule has 2 aromatic rings. The van der Waals surface area contributed by atoms with Gasteiger partial charge in [0.15, 0.2) is 5.82 Å². The molecule has 6 nitrogen and oxygen atoms in total. The number of rotatable bonds is 3. The first-order chi connectivity index (χ1) is 8.11. The van der Waals surface area contributed by atoms with Crippen molar-refractivity contribution in [2.24, 2.45) is 0 Å². The molecule has 0 radical (unpaired) electrons. The first kappa shape index (κ1) is 11.4. The van der Waals surface area contributed by atoms with E-state index in [1.807, 2.05) is 36.7 Å². The van der Waals surface area contributed by atoms with Crippen LogP contribution >= 0.6 is 0 Å². The third-order valence-corrected chi connectivity index (χ3v) is 2.37. The molecule has 0 bridgehead atoms. The second-order valence-electron chi connectivity index (χ2n) is 3.95. The first-order valence-corrected chi connectivity index (χ1v) is 5.45. The monoisotopic (exact) mass is 232 g/mol. The third-order valence-electron chi connectivity index (χ3n) is 2.37. The molecule has 2 heterocycles. The highest BCUT2D eigenvalue weighted by Crippen LogP contribution is 2.19. The van der Waals surface area contributed by atoms with Gasteiger partial charge in [-0.1, -0.05) is 0 Å². The summed E-state index contributed by atoms with van der Waals surface area (Å²) < 4.78 is 1.85. The number of pyridine rings is 1. The van der Waals surface area contributed by atoms with Crippen LogP contribution in [0.3, 0.4) is 0 Å². The third kappa shape index (κ3) is 2.20. The smallest absolute Gasteiger partial charge is 0.223 e. The molecule has 0 aliphatic heterocycles. The lowest BCUT2D eigenvalue weighted by molar-refractivity contribution is 0.654. The van der Waals surface area contributed by atoms with Gasteiger partial charge in [-0.2, -0.15) is 4.98 Å². The maximum Gasteiger partial charge on any atom is 0.223 e. The summed E-state index contributed by atoms with van der Waals surface area (Å²) in [5.74, 6) is 1.47. The Hall–Kier alpha value is -2.11. The molecular weight excluding hydrogens is 216 g/mol. The number of hydrogen-bond donors (Lipinski definition) is 1. The molecule has 0 amide bonds. The minimum absolute atomic E-state index is 0.613. The van der Waals surface area contributed by atoms with E-state index in [-0.39, 0.29) is 0 Å². The van der Waals surface area contributed by atoms with Gasteiger partial charge in [0, 0.05) is 38.6 Å². The number of anilines is 2. The lowest BCUT2D eigenvalue weighted by Crippen LogP contribution is -2.15. The summed E-state index contributed by atoms with van der Waals surface area (Å²) in [4.78, 5) is 10.4. The number of nitrogen functional groups attached to an aromatic ring is 1. The molecule has 0 fully saturated rings. The van der Waals surface area contributed by atoms with E-state index in [0.717, 1.165) is 18.1 Å². The SMILES string of the molecule is CCn1nc(-c2cncc(N)c2)nc1N(C)C. The average Bonchev–Trinajstić information content (AvgIpc) is 2.73. The Labute approximate surface area is 100 Å². The second-order valence-corrected chi connectivity index (χ2v) is 3.95. The Kier molecular flexibility index (Phi) is 2.95. The lowest BCUT2D eigenvalue weighted by Gasteiger charge is -2.10. The molecule has 0 atom stereocenters. The summed E-state index contributed by atoms with van der Waals surface area (Å²) in [5, 5.41) is 4.43. The van der Waals surface area contributed by atoms with Crippen LogP contribution in [-0.2, 0) is 6.54 Å². The van der Waals surface area contributed by atoms with E-state index < -0.39 is 0 Å². The van der Waals surface area contributed by atoms with Crippen LogP contribution in [0.4, 0.5) is 11.6 Å². The van der Waals surface area contributed by atoms with Crippen molar-refractivity contribution in [1.29, 1.82) is 0 Å². The van der Waals surface area contributed by atoms with Gasteiger partial charge in [-0.05, 0) is 13.0 Å².